The van der Waals surface area contributed by atoms with Gasteiger partial charge in [-0.1, -0.05) is 12.1 Å². The number of ether oxygens (including phenoxy) is 5. The number of rotatable bonds is 9. The van der Waals surface area contributed by atoms with Gasteiger partial charge in [0, 0.05) is 26.2 Å². The van der Waals surface area contributed by atoms with E-state index in [1.54, 1.807) is 7.11 Å². The van der Waals surface area contributed by atoms with Gasteiger partial charge in [-0.2, -0.15) is 0 Å². The fourth-order valence-corrected chi connectivity index (χ4v) is 3.90. The Balaban J connectivity index is 1.51. The first-order valence-electron chi connectivity index (χ1n) is 10.3. The molecule has 2 aliphatic heterocycles. The van der Waals surface area contributed by atoms with Crippen LogP contribution >= 0.6 is 0 Å². The summed E-state index contributed by atoms with van der Waals surface area (Å²) in [7, 11) is 1.67. The maximum Gasteiger partial charge on any atom is 0.231 e. The number of nitrogens with zero attached hydrogens (tertiary/aromatic N) is 1. The molecule has 2 aliphatic rings. The van der Waals surface area contributed by atoms with Crippen LogP contribution in [0.2, 0.25) is 0 Å². The van der Waals surface area contributed by atoms with Crippen molar-refractivity contribution in [3.8, 4) is 23.0 Å². The van der Waals surface area contributed by atoms with Crippen LogP contribution in [0.25, 0.3) is 0 Å². The molecule has 6 heteroatoms. The van der Waals surface area contributed by atoms with Crippen LogP contribution in [-0.2, 0) is 17.8 Å². The Morgan fingerprint density at radius 2 is 1.79 bits per heavy atom. The third kappa shape index (κ3) is 4.95. The van der Waals surface area contributed by atoms with Gasteiger partial charge in [0.25, 0.3) is 0 Å². The zero-order chi connectivity index (χ0) is 20.1. The highest BCUT2D eigenvalue weighted by Crippen LogP contribution is 2.33. The molecule has 2 aromatic rings. The van der Waals surface area contributed by atoms with E-state index in [2.05, 4.69) is 29.2 Å². The second-order valence-corrected chi connectivity index (χ2v) is 7.41. The molecule has 1 atom stereocenters. The molecule has 0 aliphatic carbocycles. The fraction of sp³-hybridized carbons (Fsp3) is 0.478. The highest BCUT2D eigenvalue weighted by atomic mass is 16.7. The van der Waals surface area contributed by atoms with Crippen molar-refractivity contribution in [2.24, 2.45) is 0 Å². The van der Waals surface area contributed by atoms with Crippen LogP contribution in [0.5, 0.6) is 23.0 Å². The molecule has 0 radical (unpaired) electrons. The first-order chi connectivity index (χ1) is 14.2. The molecule has 0 aromatic heterocycles. The molecule has 29 heavy (non-hydrogen) atoms. The van der Waals surface area contributed by atoms with E-state index in [9.17, 15) is 0 Å². The molecule has 0 saturated carbocycles. The normalized spacial score (nSPS) is 17.7. The molecule has 4 rings (SSSR count). The van der Waals surface area contributed by atoms with Gasteiger partial charge in [-0.3, -0.25) is 4.90 Å². The molecule has 2 aromatic carbocycles. The van der Waals surface area contributed by atoms with Crippen LogP contribution in [0, 0.1) is 0 Å². The average Bonchev–Trinajstić information content (AvgIpc) is 3.40. The van der Waals surface area contributed by atoms with Crippen LogP contribution in [-0.4, -0.2) is 44.7 Å². The molecule has 0 spiro atoms. The molecule has 0 amide bonds. The summed E-state index contributed by atoms with van der Waals surface area (Å²) in [5.41, 5.74) is 2.39. The number of hydrogen-bond donors (Lipinski definition) is 0. The van der Waals surface area contributed by atoms with E-state index < -0.39 is 0 Å². The second kappa shape index (κ2) is 9.37. The van der Waals surface area contributed by atoms with E-state index >= 15 is 0 Å². The summed E-state index contributed by atoms with van der Waals surface area (Å²) in [5, 5.41) is 0. The number of methoxy groups -OCH3 is 1. The van der Waals surface area contributed by atoms with Crippen molar-refractivity contribution < 1.29 is 23.7 Å². The van der Waals surface area contributed by atoms with Crippen LogP contribution in [0.3, 0.4) is 0 Å². The van der Waals surface area contributed by atoms with Crippen LogP contribution in [0.15, 0.2) is 36.4 Å². The zero-order valence-corrected chi connectivity index (χ0v) is 17.2. The summed E-state index contributed by atoms with van der Waals surface area (Å²) in [5.74, 6) is 3.18. The van der Waals surface area contributed by atoms with Gasteiger partial charge in [0.15, 0.2) is 23.0 Å². The number of hydrogen-bond acceptors (Lipinski definition) is 6. The van der Waals surface area contributed by atoms with Gasteiger partial charge in [-0.05, 0) is 55.2 Å². The van der Waals surface area contributed by atoms with Crippen molar-refractivity contribution in [2.45, 2.75) is 39.0 Å². The van der Waals surface area contributed by atoms with E-state index in [0.717, 1.165) is 62.1 Å². The Labute approximate surface area is 172 Å². The van der Waals surface area contributed by atoms with Gasteiger partial charge in [0.2, 0.25) is 6.79 Å². The summed E-state index contributed by atoms with van der Waals surface area (Å²) < 4.78 is 28.1. The lowest BCUT2D eigenvalue weighted by Crippen LogP contribution is -2.31. The van der Waals surface area contributed by atoms with Crippen LogP contribution in [0.4, 0.5) is 0 Å². The smallest absolute Gasteiger partial charge is 0.231 e. The van der Waals surface area contributed by atoms with Gasteiger partial charge < -0.3 is 23.7 Å². The Kier molecular flexibility index (Phi) is 6.42. The van der Waals surface area contributed by atoms with Gasteiger partial charge in [-0.15, -0.1) is 0 Å². The van der Waals surface area contributed by atoms with Crippen molar-refractivity contribution in [2.75, 3.05) is 33.7 Å². The maximum absolute atomic E-state index is 5.90. The maximum atomic E-state index is 5.90. The van der Waals surface area contributed by atoms with E-state index in [-0.39, 0.29) is 6.10 Å². The standard InChI is InChI=1S/C23H29NO5/c1-3-26-22-11-17(6-8-20(22)25-2)13-24(15-19-5-4-10-27-19)14-18-7-9-21-23(12-18)29-16-28-21/h6-9,11-12,19H,3-5,10,13-16H2,1-2H3/t19-/m1/s1. The topological polar surface area (TPSA) is 49.4 Å². The van der Waals surface area contributed by atoms with Crippen molar-refractivity contribution >= 4 is 0 Å². The Hall–Kier alpha value is -2.44. The van der Waals surface area contributed by atoms with Gasteiger partial charge >= 0.3 is 0 Å². The molecular formula is C23H29NO5. The van der Waals surface area contributed by atoms with E-state index in [4.69, 9.17) is 23.7 Å². The first-order valence-corrected chi connectivity index (χ1v) is 10.3. The molecule has 0 bridgehead atoms. The van der Waals surface area contributed by atoms with Crippen molar-refractivity contribution in [3.63, 3.8) is 0 Å². The van der Waals surface area contributed by atoms with E-state index in [1.807, 2.05) is 19.1 Å². The largest absolute Gasteiger partial charge is 0.493 e. The predicted molar refractivity (Wildman–Crippen MR) is 110 cm³/mol. The lowest BCUT2D eigenvalue weighted by Gasteiger charge is -2.26. The third-order valence-corrected chi connectivity index (χ3v) is 5.26. The minimum Gasteiger partial charge on any atom is -0.493 e. The Morgan fingerprint density at radius 1 is 1.00 bits per heavy atom. The highest BCUT2D eigenvalue weighted by molar-refractivity contribution is 5.45. The molecule has 156 valence electrons. The molecule has 2 heterocycles. The van der Waals surface area contributed by atoms with E-state index in [1.165, 1.54) is 11.1 Å². The Bertz CT molecular complexity index is 819. The molecule has 1 saturated heterocycles. The summed E-state index contributed by atoms with van der Waals surface area (Å²) in [6.07, 6.45) is 2.54. The Morgan fingerprint density at radius 3 is 2.55 bits per heavy atom. The highest BCUT2D eigenvalue weighted by Gasteiger charge is 2.21. The van der Waals surface area contributed by atoms with Gasteiger partial charge in [0.05, 0.1) is 19.8 Å². The summed E-state index contributed by atoms with van der Waals surface area (Å²) in [4.78, 5) is 2.42. The third-order valence-electron chi connectivity index (χ3n) is 5.26. The molecule has 1 fully saturated rings. The second-order valence-electron chi connectivity index (χ2n) is 7.41. The molecule has 6 nitrogen and oxygen atoms in total. The van der Waals surface area contributed by atoms with Crippen LogP contribution < -0.4 is 18.9 Å². The van der Waals surface area contributed by atoms with Crippen molar-refractivity contribution in [3.05, 3.63) is 47.5 Å². The van der Waals surface area contributed by atoms with Crippen molar-refractivity contribution in [1.29, 1.82) is 0 Å². The monoisotopic (exact) mass is 399 g/mol. The average molecular weight is 399 g/mol. The van der Waals surface area contributed by atoms with Gasteiger partial charge in [0.1, 0.15) is 0 Å². The summed E-state index contributed by atoms with van der Waals surface area (Å²) in [6, 6.07) is 12.3. The first kappa shape index (κ1) is 19.9. The minimum absolute atomic E-state index is 0.286. The fourth-order valence-electron chi connectivity index (χ4n) is 3.90. The van der Waals surface area contributed by atoms with Gasteiger partial charge in [-0.25, -0.2) is 0 Å². The predicted octanol–water partition coefficient (Wildman–Crippen LogP) is 4.00. The SMILES string of the molecule is CCOc1cc(CN(Cc2ccc3c(c2)OCO3)C[C@H]2CCCO2)ccc1OC. The number of benzene rings is 2. The molecular weight excluding hydrogens is 370 g/mol. The molecule has 0 unspecified atom stereocenters. The van der Waals surface area contributed by atoms with Crippen LogP contribution in [0.1, 0.15) is 30.9 Å². The van der Waals surface area contributed by atoms with E-state index in [0.29, 0.717) is 13.4 Å². The lowest BCUT2D eigenvalue weighted by molar-refractivity contribution is 0.0678. The summed E-state index contributed by atoms with van der Waals surface area (Å²) in [6.45, 7) is 6.26. The zero-order valence-electron chi connectivity index (χ0n) is 17.2. The molecule has 0 N–H and O–H groups in total. The lowest BCUT2D eigenvalue weighted by atomic mass is 10.1. The summed E-state index contributed by atoms with van der Waals surface area (Å²) >= 11 is 0. The number of fused-ring (bicyclic) bond motifs is 1. The van der Waals surface area contributed by atoms with Crippen molar-refractivity contribution in [1.82, 2.24) is 4.90 Å². The quantitative estimate of drug-likeness (QED) is 0.635. The minimum atomic E-state index is 0.286.